The SMILES string of the molecule is CCOC(=O)C1=C(c2ccccc2)N=c2s/c(=C\c3ccc(C(=O)O)cc3)c(=O)n2[C@@H]1c1ccc(C(C)C)cc1. The summed E-state index contributed by atoms with van der Waals surface area (Å²) >= 11 is 1.22. The van der Waals surface area contributed by atoms with E-state index in [0.29, 0.717) is 32.1 Å². The fourth-order valence-electron chi connectivity index (χ4n) is 4.69. The number of carboxylic acids is 1. The van der Waals surface area contributed by atoms with Gasteiger partial charge in [0.05, 0.1) is 34.0 Å². The molecule has 2 heterocycles. The molecule has 40 heavy (non-hydrogen) atoms. The van der Waals surface area contributed by atoms with E-state index in [1.165, 1.54) is 23.5 Å². The lowest BCUT2D eigenvalue weighted by Gasteiger charge is -2.26. The fraction of sp³-hybridized carbons (Fsp3) is 0.188. The molecule has 1 aliphatic rings. The molecular formula is C32H28N2O5S. The molecule has 0 radical (unpaired) electrons. The fourth-order valence-corrected chi connectivity index (χ4v) is 5.69. The van der Waals surface area contributed by atoms with Crippen LogP contribution in [0.4, 0.5) is 0 Å². The summed E-state index contributed by atoms with van der Waals surface area (Å²) in [6.07, 6.45) is 1.71. The number of carboxylic acid groups (broad SMARTS) is 1. The Balaban J connectivity index is 1.78. The number of carbonyl (C=O) groups excluding carboxylic acids is 1. The molecule has 1 N–H and O–H groups in total. The third kappa shape index (κ3) is 5.18. The van der Waals surface area contributed by atoms with Gasteiger partial charge in [-0.1, -0.05) is 91.9 Å². The Morgan fingerprint density at radius 1 is 1.02 bits per heavy atom. The molecule has 5 rings (SSSR count). The van der Waals surface area contributed by atoms with E-state index in [-0.39, 0.29) is 17.7 Å². The van der Waals surface area contributed by atoms with Crippen LogP contribution < -0.4 is 14.9 Å². The molecule has 1 atom stereocenters. The summed E-state index contributed by atoms with van der Waals surface area (Å²) in [5.41, 5.74) is 3.98. The largest absolute Gasteiger partial charge is 0.478 e. The maximum atomic E-state index is 13.9. The van der Waals surface area contributed by atoms with E-state index < -0.39 is 18.0 Å². The number of nitrogens with zero attached hydrogens (tertiary/aromatic N) is 2. The normalized spacial score (nSPS) is 15.1. The average molecular weight is 553 g/mol. The minimum absolute atomic E-state index is 0.162. The number of aromatic carboxylic acids is 1. The van der Waals surface area contributed by atoms with Gasteiger partial charge in [-0.25, -0.2) is 14.6 Å². The van der Waals surface area contributed by atoms with Gasteiger partial charge < -0.3 is 9.84 Å². The van der Waals surface area contributed by atoms with E-state index in [2.05, 4.69) is 13.8 Å². The van der Waals surface area contributed by atoms with Crippen molar-refractivity contribution in [3.63, 3.8) is 0 Å². The molecule has 1 aromatic heterocycles. The van der Waals surface area contributed by atoms with Crippen molar-refractivity contribution in [3.05, 3.63) is 132 Å². The maximum absolute atomic E-state index is 13.9. The van der Waals surface area contributed by atoms with Gasteiger partial charge in [0.2, 0.25) is 0 Å². The molecule has 0 bridgehead atoms. The van der Waals surface area contributed by atoms with Crippen molar-refractivity contribution in [2.45, 2.75) is 32.7 Å². The Hall–Kier alpha value is -4.56. The molecule has 0 unspecified atom stereocenters. The Labute approximate surface area is 235 Å². The molecule has 0 saturated heterocycles. The van der Waals surface area contributed by atoms with Crippen molar-refractivity contribution in [1.29, 1.82) is 0 Å². The molecule has 7 nitrogen and oxygen atoms in total. The predicted octanol–water partition coefficient (Wildman–Crippen LogP) is 4.76. The number of ether oxygens (including phenoxy) is 1. The molecule has 0 fully saturated rings. The van der Waals surface area contributed by atoms with Crippen molar-refractivity contribution in [2.24, 2.45) is 4.99 Å². The topological polar surface area (TPSA) is 98.0 Å². The second kappa shape index (κ2) is 11.3. The van der Waals surface area contributed by atoms with Gasteiger partial charge >= 0.3 is 11.9 Å². The first-order valence-electron chi connectivity index (χ1n) is 13.0. The van der Waals surface area contributed by atoms with Crippen molar-refractivity contribution in [2.75, 3.05) is 6.61 Å². The second-order valence-corrected chi connectivity index (χ2v) is 10.7. The van der Waals surface area contributed by atoms with Crippen molar-refractivity contribution in [1.82, 2.24) is 4.57 Å². The predicted molar refractivity (Wildman–Crippen MR) is 155 cm³/mol. The summed E-state index contributed by atoms with van der Waals surface area (Å²) in [6, 6.07) is 22.9. The summed E-state index contributed by atoms with van der Waals surface area (Å²) in [7, 11) is 0. The molecule has 0 spiro atoms. The zero-order valence-corrected chi connectivity index (χ0v) is 23.1. The van der Waals surface area contributed by atoms with Crippen molar-refractivity contribution >= 4 is 35.0 Å². The quantitative estimate of drug-likeness (QED) is 0.334. The van der Waals surface area contributed by atoms with Crippen LogP contribution >= 0.6 is 11.3 Å². The first kappa shape index (κ1) is 27.0. The number of carbonyl (C=O) groups is 2. The number of benzene rings is 3. The Kier molecular flexibility index (Phi) is 7.62. The summed E-state index contributed by atoms with van der Waals surface area (Å²) < 4.78 is 7.49. The van der Waals surface area contributed by atoms with E-state index in [1.807, 2.05) is 54.6 Å². The maximum Gasteiger partial charge on any atom is 0.338 e. The van der Waals surface area contributed by atoms with Crippen LogP contribution in [-0.4, -0.2) is 28.2 Å². The van der Waals surface area contributed by atoms with Gasteiger partial charge in [0.25, 0.3) is 5.56 Å². The molecule has 202 valence electrons. The third-order valence-electron chi connectivity index (χ3n) is 6.75. The van der Waals surface area contributed by atoms with Crippen LogP contribution in [0.5, 0.6) is 0 Å². The van der Waals surface area contributed by atoms with Gasteiger partial charge in [-0.05, 0) is 47.7 Å². The number of thiazole rings is 1. The summed E-state index contributed by atoms with van der Waals surface area (Å²) in [5, 5.41) is 9.22. The Morgan fingerprint density at radius 3 is 2.30 bits per heavy atom. The highest BCUT2D eigenvalue weighted by molar-refractivity contribution is 7.07. The first-order chi connectivity index (χ1) is 19.3. The molecule has 0 aliphatic carbocycles. The number of fused-ring (bicyclic) bond motifs is 1. The average Bonchev–Trinajstić information content (AvgIpc) is 3.27. The second-order valence-electron chi connectivity index (χ2n) is 9.68. The van der Waals surface area contributed by atoms with E-state index in [0.717, 1.165) is 16.7 Å². The van der Waals surface area contributed by atoms with Crippen molar-refractivity contribution < 1.29 is 19.4 Å². The van der Waals surface area contributed by atoms with Gasteiger partial charge in [0, 0.05) is 5.56 Å². The molecular weight excluding hydrogens is 524 g/mol. The number of hydrogen-bond donors (Lipinski definition) is 1. The Bertz CT molecular complexity index is 1780. The van der Waals surface area contributed by atoms with Gasteiger partial charge in [-0.2, -0.15) is 0 Å². The lowest BCUT2D eigenvalue weighted by molar-refractivity contribution is -0.138. The van der Waals surface area contributed by atoms with Crippen LogP contribution in [0, 0.1) is 0 Å². The lowest BCUT2D eigenvalue weighted by Crippen LogP contribution is -2.40. The molecule has 0 amide bonds. The molecule has 3 aromatic carbocycles. The third-order valence-corrected chi connectivity index (χ3v) is 7.73. The first-order valence-corrected chi connectivity index (χ1v) is 13.8. The summed E-state index contributed by atoms with van der Waals surface area (Å²) in [6.45, 7) is 6.15. The highest BCUT2D eigenvalue weighted by Gasteiger charge is 2.35. The van der Waals surface area contributed by atoms with Gasteiger partial charge in [-0.15, -0.1) is 0 Å². The Morgan fingerprint density at radius 2 is 1.70 bits per heavy atom. The zero-order chi connectivity index (χ0) is 28.4. The van der Waals surface area contributed by atoms with Crippen molar-refractivity contribution in [3.8, 4) is 0 Å². The molecule has 8 heteroatoms. The van der Waals surface area contributed by atoms with Gasteiger partial charge in [0.15, 0.2) is 4.80 Å². The van der Waals surface area contributed by atoms with Crippen LogP contribution in [0.3, 0.4) is 0 Å². The van der Waals surface area contributed by atoms with Crippen LogP contribution in [-0.2, 0) is 9.53 Å². The number of aromatic nitrogens is 1. The van der Waals surface area contributed by atoms with E-state index in [4.69, 9.17) is 9.73 Å². The van der Waals surface area contributed by atoms with E-state index in [1.54, 1.807) is 29.7 Å². The molecule has 1 aliphatic heterocycles. The molecule has 0 saturated carbocycles. The van der Waals surface area contributed by atoms with Crippen LogP contribution in [0.2, 0.25) is 0 Å². The minimum Gasteiger partial charge on any atom is -0.478 e. The van der Waals surface area contributed by atoms with Crippen LogP contribution in [0.1, 0.15) is 65.3 Å². The highest BCUT2D eigenvalue weighted by atomic mass is 32.1. The van der Waals surface area contributed by atoms with E-state index >= 15 is 0 Å². The monoisotopic (exact) mass is 552 g/mol. The molecule has 4 aromatic rings. The minimum atomic E-state index is -1.02. The van der Waals surface area contributed by atoms with Gasteiger partial charge in [0.1, 0.15) is 0 Å². The number of rotatable bonds is 7. The van der Waals surface area contributed by atoms with Gasteiger partial charge in [-0.3, -0.25) is 9.36 Å². The van der Waals surface area contributed by atoms with E-state index in [9.17, 15) is 19.5 Å². The van der Waals surface area contributed by atoms with Crippen LogP contribution in [0.15, 0.2) is 94.2 Å². The lowest BCUT2D eigenvalue weighted by atomic mass is 9.91. The smallest absolute Gasteiger partial charge is 0.338 e. The zero-order valence-electron chi connectivity index (χ0n) is 22.3. The highest BCUT2D eigenvalue weighted by Crippen LogP contribution is 2.35. The summed E-state index contributed by atoms with van der Waals surface area (Å²) in [5.74, 6) is -1.22. The van der Waals surface area contributed by atoms with Crippen LogP contribution in [0.25, 0.3) is 11.8 Å². The standard InChI is InChI=1S/C32H28N2O5S/c1-4-39-31(38)26-27(22-8-6-5-7-9-22)33-32-34(28(26)23-16-14-21(15-17-23)19(2)3)29(35)25(40-32)18-20-10-12-24(13-11-20)30(36)37/h5-19,28H,4H2,1-3H3,(H,36,37)/b25-18-/t28-/m1/s1. The number of hydrogen-bond acceptors (Lipinski definition) is 6. The number of esters is 1. The summed E-state index contributed by atoms with van der Waals surface area (Å²) in [4.78, 5) is 44.0.